The van der Waals surface area contributed by atoms with Crippen LogP contribution >= 0.6 is 0 Å². The lowest BCUT2D eigenvalue weighted by atomic mass is 9.35. The molecule has 170 valence electrons. The number of carbonyl (C=O) groups is 2. The maximum absolute atomic E-state index is 13.5. The first-order chi connectivity index (χ1) is 14.3. The molecule has 0 aromatic carbocycles. The van der Waals surface area contributed by atoms with Crippen LogP contribution in [0.25, 0.3) is 0 Å². The fourth-order valence-corrected chi connectivity index (χ4v) is 9.34. The van der Waals surface area contributed by atoms with E-state index in [0.29, 0.717) is 29.8 Å². The molecule has 2 fully saturated rings. The van der Waals surface area contributed by atoms with Crippen LogP contribution in [0.5, 0.6) is 0 Å². The quantitative estimate of drug-likeness (QED) is 0.412. The number of rotatable bonds is 0. The van der Waals surface area contributed by atoms with Gasteiger partial charge in [0.05, 0.1) is 0 Å². The zero-order chi connectivity index (χ0) is 22.6. The summed E-state index contributed by atoms with van der Waals surface area (Å²) in [6.45, 7) is 16.6. The van der Waals surface area contributed by atoms with Crippen LogP contribution in [0.1, 0.15) is 106 Å². The third-order valence-corrected chi connectivity index (χ3v) is 11.5. The fraction of sp³-hybridized carbons (Fsp3) is 0.793. The average Bonchev–Trinajstić information content (AvgIpc) is 2.65. The molecule has 0 aromatic rings. The van der Waals surface area contributed by atoms with Gasteiger partial charge in [0.25, 0.3) is 0 Å². The van der Waals surface area contributed by atoms with Gasteiger partial charge in [0, 0.05) is 23.7 Å². The Bertz CT molecular complexity index is 930. The molecule has 0 amide bonds. The molecule has 0 unspecified atom stereocenters. The molecule has 0 spiro atoms. The average molecular weight is 423 g/mol. The van der Waals surface area contributed by atoms with E-state index in [1.807, 2.05) is 0 Å². The van der Waals surface area contributed by atoms with Crippen LogP contribution in [0.2, 0.25) is 0 Å². The standard InChI is InChI=1S/C29H42O2/c1-25(2)13-10-18-19(16-25)20-8-9-23-27(5)14-12-24(31)26(3,4)22(27)11-15-28(23,6)29(20,7)17-21(18)30/h8,22-23H,9-17H2,1-7H3/t22-,23+,27-,28+,29+/m0/s1. The highest BCUT2D eigenvalue weighted by atomic mass is 16.1. The Morgan fingerprint density at radius 1 is 0.806 bits per heavy atom. The molecule has 5 aliphatic carbocycles. The highest BCUT2D eigenvalue weighted by molar-refractivity contribution is 6.00. The lowest BCUT2D eigenvalue weighted by molar-refractivity contribution is -0.176. The van der Waals surface area contributed by atoms with Crippen molar-refractivity contribution in [1.82, 2.24) is 0 Å². The Labute approximate surface area is 189 Å². The van der Waals surface area contributed by atoms with Crippen molar-refractivity contribution < 1.29 is 9.59 Å². The first kappa shape index (κ1) is 21.7. The van der Waals surface area contributed by atoms with E-state index < -0.39 is 0 Å². The van der Waals surface area contributed by atoms with Gasteiger partial charge in [-0.05, 0) is 89.7 Å². The van der Waals surface area contributed by atoms with E-state index in [2.05, 4.69) is 54.5 Å². The van der Waals surface area contributed by atoms with Gasteiger partial charge in [-0.3, -0.25) is 9.59 Å². The molecule has 0 heterocycles. The lowest BCUT2D eigenvalue weighted by Crippen LogP contribution is -2.63. The minimum atomic E-state index is -0.218. The van der Waals surface area contributed by atoms with Crippen LogP contribution < -0.4 is 0 Å². The van der Waals surface area contributed by atoms with Crippen molar-refractivity contribution in [2.45, 2.75) is 106 Å². The summed E-state index contributed by atoms with van der Waals surface area (Å²) in [4.78, 5) is 26.3. The lowest BCUT2D eigenvalue weighted by Gasteiger charge is -2.68. The highest BCUT2D eigenvalue weighted by Crippen LogP contribution is 2.73. The van der Waals surface area contributed by atoms with Gasteiger partial charge in [0.1, 0.15) is 5.78 Å². The molecule has 0 bridgehead atoms. The summed E-state index contributed by atoms with van der Waals surface area (Å²) in [7, 11) is 0. The fourth-order valence-electron chi connectivity index (χ4n) is 9.34. The molecule has 31 heavy (non-hydrogen) atoms. The molecule has 2 heteroatoms. The van der Waals surface area contributed by atoms with Gasteiger partial charge in [0.2, 0.25) is 0 Å². The summed E-state index contributed by atoms with van der Waals surface area (Å²) in [6.07, 6.45) is 11.5. The van der Waals surface area contributed by atoms with Gasteiger partial charge in [-0.15, -0.1) is 0 Å². The van der Waals surface area contributed by atoms with Crippen molar-refractivity contribution in [2.24, 2.45) is 38.9 Å². The van der Waals surface area contributed by atoms with Gasteiger partial charge >= 0.3 is 0 Å². The molecular weight excluding hydrogens is 380 g/mol. The summed E-state index contributed by atoms with van der Waals surface area (Å²) in [5.41, 5.74) is 4.40. The van der Waals surface area contributed by atoms with Crippen molar-refractivity contribution in [2.75, 3.05) is 0 Å². The highest BCUT2D eigenvalue weighted by Gasteiger charge is 2.66. The van der Waals surface area contributed by atoms with E-state index in [0.717, 1.165) is 56.9 Å². The summed E-state index contributed by atoms with van der Waals surface area (Å²) in [5, 5.41) is 0. The van der Waals surface area contributed by atoms with E-state index in [1.165, 1.54) is 11.1 Å². The molecular formula is C29H42O2. The second-order valence-corrected chi connectivity index (χ2v) is 13.8. The molecule has 2 saturated carbocycles. The third kappa shape index (κ3) is 2.63. The van der Waals surface area contributed by atoms with Crippen LogP contribution in [0.15, 0.2) is 22.8 Å². The second kappa shape index (κ2) is 6.23. The van der Waals surface area contributed by atoms with E-state index >= 15 is 0 Å². The van der Waals surface area contributed by atoms with Gasteiger partial charge in [-0.2, -0.15) is 0 Å². The Morgan fingerprint density at radius 3 is 2.23 bits per heavy atom. The summed E-state index contributed by atoms with van der Waals surface area (Å²) < 4.78 is 0. The number of allylic oxidation sites excluding steroid dienone is 4. The van der Waals surface area contributed by atoms with Crippen LogP contribution in [0.3, 0.4) is 0 Å². The molecule has 0 aliphatic heterocycles. The SMILES string of the molecule is CC1(C)CCC2=C(C1)C1=CC[C@@H]3[C@@]4(C)CCC(=O)C(C)(C)[C@@H]4CC[C@@]3(C)[C@]1(C)CC2=O. The molecule has 0 N–H and O–H groups in total. The minimum absolute atomic E-state index is 0.0706. The molecule has 5 aliphatic rings. The Hall–Kier alpha value is -1.18. The maximum Gasteiger partial charge on any atom is 0.160 e. The first-order valence-electron chi connectivity index (χ1n) is 12.8. The summed E-state index contributed by atoms with van der Waals surface area (Å²) in [6, 6.07) is 0. The molecule has 2 nitrogen and oxygen atoms in total. The molecule has 5 rings (SSSR count). The normalized spacial score (nSPS) is 45.8. The predicted molar refractivity (Wildman–Crippen MR) is 126 cm³/mol. The first-order valence-corrected chi connectivity index (χ1v) is 12.8. The van der Waals surface area contributed by atoms with E-state index in [9.17, 15) is 9.59 Å². The van der Waals surface area contributed by atoms with Crippen molar-refractivity contribution >= 4 is 11.6 Å². The zero-order valence-electron chi connectivity index (χ0n) is 20.9. The van der Waals surface area contributed by atoms with Gasteiger partial charge in [-0.25, -0.2) is 0 Å². The second-order valence-electron chi connectivity index (χ2n) is 13.8. The maximum atomic E-state index is 13.5. The molecule has 0 radical (unpaired) electrons. The van der Waals surface area contributed by atoms with E-state index in [1.54, 1.807) is 0 Å². The van der Waals surface area contributed by atoms with Crippen LogP contribution in [-0.2, 0) is 9.59 Å². The van der Waals surface area contributed by atoms with Gasteiger partial charge in [-0.1, -0.05) is 54.5 Å². The van der Waals surface area contributed by atoms with Gasteiger partial charge < -0.3 is 0 Å². The smallest absolute Gasteiger partial charge is 0.160 e. The number of hydrogen-bond acceptors (Lipinski definition) is 2. The van der Waals surface area contributed by atoms with Crippen LogP contribution in [-0.4, -0.2) is 11.6 Å². The summed E-state index contributed by atoms with van der Waals surface area (Å²) in [5.74, 6) is 1.90. The Balaban J connectivity index is 1.63. The Kier molecular flexibility index (Phi) is 4.35. The van der Waals surface area contributed by atoms with Crippen molar-refractivity contribution in [3.05, 3.63) is 22.8 Å². The van der Waals surface area contributed by atoms with Crippen molar-refractivity contribution in [3.8, 4) is 0 Å². The monoisotopic (exact) mass is 422 g/mol. The number of fused-ring (bicyclic) bond motifs is 6. The van der Waals surface area contributed by atoms with Crippen LogP contribution in [0, 0.1) is 38.9 Å². The predicted octanol–water partition coefficient (Wildman–Crippen LogP) is 7.23. The van der Waals surface area contributed by atoms with E-state index in [-0.39, 0.29) is 27.1 Å². The molecule has 5 atom stereocenters. The van der Waals surface area contributed by atoms with Crippen LogP contribution in [0.4, 0.5) is 0 Å². The minimum Gasteiger partial charge on any atom is -0.299 e. The molecule has 0 saturated heterocycles. The summed E-state index contributed by atoms with van der Waals surface area (Å²) >= 11 is 0. The third-order valence-electron chi connectivity index (χ3n) is 11.5. The topological polar surface area (TPSA) is 34.1 Å². The number of Topliss-reactive ketones (excluding diaryl/α,β-unsaturated/α-hetero) is 2. The zero-order valence-corrected chi connectivity index (χ0v) is 20.9. The van der Waals surface area contributed by atoms with E-state index in [4.69, 9.17) is 0 Å². The number of hydrogen-bond donors (Lipinski definition) is 0. The number of carbonyl (C=O) groups excluding carboxylic acids is 2. The number of ketones is 2. The van der Waals surface area contributed by atoms with Crippen molar-refractivity contribution in [3.63, 3.8) is 0 Å². The molecule has 0 aromatic heterocycles. The largest absolute Gasteiger partial charge is 0.299 e. The van der Waals surface area contributed by atoms with Gasteiger partial charge in [0.15, 0.2) is 5.78 Å². The Morgan fingerprint density at radius 2 is 1.52 bits per heavy atom. The van der Waals surface area contributed by atoms with Crippen molar-refractivity contribution in [1.29, 1.82) is 0 Å².